The maximum atomic E-state index is 12.2. The second-order valence-electron chi connectivity index (χ2n) is 6.35. The molecule has 27 heavy (non-hydrogen) atoms. The average Bonchev–Trinajstić information content (AvgIpc) is 2.67. The molecule has 2 rings (SSSR count). The van der Waals surface area contributed by atoms with Gasteiger partial charge in [0.15, 0.2) is 0 Å². The quantitative estimate of drug-likeness (QED) is 0.479. The second-order valence-corrected chi connectivity index (χ2v) is 8.12. The molecule has 146 valence electrons. The highest BCUT2D eigenvalue weighted by atomic mass is 32.2. The number of hydrogen-bond acceptors (Lipinski definition) is 6. The van der Waals surface area contributed by atoms with Crippen LogP contribution < -0.4 is 15.4 Å². The molecule has 0 saturated heterocycles. The molecule has 8 heteroatoms. The third-order valence-electron chi connectivity index (χ3n) is 3.97. The molecule has 0 unspecified atom stereocenters. The fraction of sp³-hybridized carbons (Fsp3) is 0.368. The summed E-state index contributed by atoms with van der Waals surface area (Å²) in [5.74, 6) is 0. The van der Waals surface area contributed by atoms with Gasteiger partial charge in [-0.2, -0.15) is 10.2 Å². The number of anilines is 1. The number of nitrogens with one attached hydrogen (secondary N) is 1. The fourth-order valence-electron chi connectivity index (χ4n) is 2.36. The van der Waals surface area contributed by atoms with Gasteiger partial charge in [0.1, 0.15) is 0 Å². The fourth-order valence-corrected chi connectivity index (χ4v) is 3.43. The van der Waals surface area contributed by atoms with Gasteiger partial charge < -0.3 is 10.6 Å². The van der Waals surface area contributed by atoms with Crippen LogP contribution in [0.25, 0.3) is 0 Å². The molecular weight excluding hydrogens is 362 g/mol. The monoisotopic (exact) mass is 389 g/mol. The summed E-state index contributed by atoms with van der Waals surface area (Å²) in [5, 5.41) is 8.33. The Hall–Kier alpha value is -2.29. The van der Waals surface area contributed by atoms with Crippen LogP contribution in [0.2, 0.25) is 0 Å². The molecule has 0 aliphatic heterocycles. The molecule has 0 saturated carbocycles. The summed E-state index contributed by atoms with van der Waals surface area (Å²) < 4.78 is 27.1. The molecule has 0 aliphatic rings. The van der Waals surface area contributed by atoms with Crippen LogP contribution in [0.4, 0.5) is 17.1 Å². The minimum Gasteiger partial charge on any atom is -0.378 e. The molecular formula is C19H27N5O2S. The van der Waals surface area contributed by atoms with Crippen molar-refractivity contribution >= 4 is 27.1 Å². The highest BCUT2D eigenvalue weighted by Crippen LogP contribution is 2.22. The first kappa shape index (κ1) is 21.0. The first-order valence-corrected chi connectivity index (χ1v) is 10.4. The zero-order chi connectivity index (χ0) is 19.7. The van der Waals surface area contributed by atoms with Crippen LogP contribution in [-0.2, 0) is 10.0 Å². The lowest BCUT2D eigenvalue weighted by molar-refractivity contribution is 0.575. The Balaban J connectivity index is 1.95. The van der Waals surface area contributed by atoms with Crippen molar-refractivity contribution in [1.82, 2.24) is 4.72 Å². The van der Waals surface area contributed by atoms with Crippen LogP contribution in [0.3, 0.4) is 0 Å². The first-order chi connectivity index (χ1) is 12.9. The molecule has 2 aromatic carbocycles. The number of azo groups is 1. The summed E-state index contributed by atoms with van der Waals surface area (Å²) in [6.07, 6.45) is 2.59. The third kappa shape index (κ3) is 6.74. The van der Waals surface area contributed by atoms with Crippen LogP contribution in [0.15, 0.2) is 63.7 Å². The van der Waals surface area contributed by atoms with Crippen molar-refractivity contribution in [2.75, 3.05) is 32.1 Å². The molecule has 0 spiro atoms. The van der Waals surface area contributed by atoms with E-state index in [1.54, 1.807) is 12.1 Å². The standard InChI is InChI=1S/C19H27N5O2S/c1-24(2)18-10-6-16(7-11-18)22-23-17-8-12-19(13-9-17)27(25,26)21-15-5-3-4-14-20/h6-13,21H,3-5,14-15,20H2,1-2H3. The van der Waals surface area contributed by atoms with Gasteiger partial charge in [-0.3, -0.25) is 0 Å². The molecule has 7 nitrogen and oxygen atoms in total. The maximum absolute atomic E-state index is 12.2. The highest BCUT2D eigenvalue weighted by Gasteiger charge is 2.12. The molecule has 0 aromatic heterocycles. The van der Waals surface area contributed by atoms with Crippen LogP contribution in [-0.4, -0.2) is 35.6 Å². The van der Waals surface area contributed by atoms with Gasteiger partial charge in [-0.05, 0) is 67.9 Å². The van der Waals surface area contributed by atoms with Crippen molar-refractivity contribution in [3.63, 3.8) is 0 Å². The second kappa shape index (κ2) is 10.1. The predicted molar refractivity (Wildman–Crippen MR) is 109 cm³/mol. The number of unbranched alkanes of at least 4 members (excludes halogenated alkanes) is 2. The van der Waals surface area contributed by atoms with Gasteiger partial charge in [0.05, 0.1) is 16.3 Å². The van der Waals surface area contributed by atoms with Crippen molar-refractivity contribution in [1.29, 1.82) is 0 Å². The van der Waals surface area contributed by atoms with E-state index in [9.17, 15) is 8.42 Å². The number of benzene rings is 2. The summed E-state index contributed by atoms with van der Waals surface area (Å²) in [4.78, 5) is 2.22. The van der Waals surface area contributed by atoms with E-state index in [1.807, 2.05) is 43.3 Å². The summed E-state index contributed by atoms with van der Waals surface area (Å²) in [6, 6.07) is 14.0. The Morgan fingerprint density at radius 1 is 0.889 bits per heavy atom. The normalized spacial score (nSPS) is 11.8. The van der Waals surface area contributed by atoms with Crippen molar-refractivity contribution in [3.8, 4) is 0 Å². The van der Waals surface area contributed by atoms with Crippen LogP contribution in [0, 0.1) is 0 Å². The molecule has 0 aliphatic carbocycles. The molecule has 3 N–H and O–H groups in total. The smallest absolute Gasteiger partial charge is 0.240 e. The van der Waals surface area contributed by atoms with E-state index in [2.05, 4.69) is 15.0 Å². The summed E-state index contributed by atoms with van der Waals surface area (Å²) in [7, 11) is 0.444. The lowest BCUT2D eigenvalue weighted by atomic mass is 10.2. The Morgan fingerprint density at radius 3 is 1.96 bits per heavy atom. The number of sulfonamides is 1. The van der Waals surface area contributed by atoms with Gasteiger partial charge in [-0.1, -0.05) is 6.42 Å². The van der Waals surface area contributed by atoms with Crippen LogP contribution in [0.1, 0.15) is 19.3 Å². The zero-order valence-corrected chi connectivity index (χ0v) is 16.6. The molecule has 0 bridgehead atoms. The maximum Gasteiger partial charge on any atom is 0.240 e. The van der Waals surface area contributed by atoms with E-state index in [4.69, 9.17) is 5.73 Å². The van der Waals surface area contributed by atoms with Gasteiger partial charge in [0.2, 0.25) is 10.0 Å². The number of nitrogens with two attached hydrogens (primary N) is 1. The number of nitrogens with zero attached hydrogens (tertiary/aromatic N) is 3. The summed E-state index contributed by atoms with van der Waals surface area (Å²) in [6.45, 7) is 1.04. The first-order valence-electron chi connectivity index (χ1n) is 8.91. The minimum atomic E-state index is -3.50. The lowest BCUT2D eigenvalue weighted by Crippen LogP contribution is -2.24. The van der Waals surface area contributed by atoms with E-state index in [-0.39, 0.29) is 4.90 Å². The van der Waals surface area contributed by atoms with E-state index in [1.165, 1.54) is 12.1 Å². The van der Waals surface area contributed by atoms with Gasteiger partial charge in [-0.15, -0.1) is 0 Å². The number of rotatable bonds is 10. The Kier molecular flexibility index (Phi) is 7.90. The van der Waals surface area contributed by atoms with Crippen molar-refractivity contribution in [2.24, 2.45) is 16.0 Å². The lowest BCUT2D eigenvalue weighted by Gasteiger charge is -2.11. The molecule has 0 amide bonds. The Bertz CT molecular complexity index is 831. The molecule has 0 radical (unpaired) electrons. The van der Waals surface area contributed by atoms with E-state index in [0.717, 1.165) is 30.6 Å². The van der Waals surface area contributed by atoms with Gasteiger partial charge in [0.25, 0.3) is 0 Å². The van der Waals surface area contributed by atoms with Crippen molar-refractivity contribution in [3.05, 3.63) is 48.5 Å². The summed E-state index contributed by atoms with van der Waals surface area (Å²) >= 11 is 0. The topological polar surface area (TPSA) is 100 Å². The van der Waals surface area contributed by atoms with Gasteiger partial charge >= 0.3 is 0 Å². The summed E-state index contributed by atoms with van der Waals surface area (Å²) in [5.41, 5.74) is 7.83. The molecule has 2 aromatic rings. The average molecular weight is 390 g/mol. The molecule has 0 fully saturated rings. The largest absolute Gasteiger partial charge is 0.378 e. The Morgan fingerprint density at radius 2 is 1.44 bits per heavy atom. The van der Waals surface area contributed by atoms with E-state index >= 15 is 0 Å². The van der Waals surface area contributed by atoms with Crippen molar-refractivity contribution in [2.45, 2.75) is 24.2 Å². The van der Waals surface area contributed by atoms with Crippen molar-refractivity contribution < 1.29 is 8.42 Å². The highest BCUT2D eigenvalue weighted by molar-refractivity contribution is 7.89. The number of hydrogen-bond donors (Lipinski definition) is 2. The van der Waals surface area contributed by atoms with Crippen LogP contribution >= 0.6 is 0 Å². The molecule has 0 heterocycles. The minimum absolute atomic E-state index is 0.218. The molecule has 0 atom stereocenters. The van der Waals surface area contributed by atoms with Gasteiger partial charge in [-0.25, -0.2) is 13.1 Å². The van der Waals surface area contributed by atoms with Gasteiger partial charge in [0, 0.05) is 26.3 Å². The third-order valence-corrected chi connectivity index (χ3v) is 5.44. The van der Waals surface area contributed by atoms with Crippen LogP contribution in [0.5, 0.6) is 0 Å². The van der Waals surface area contributed by atoms with E-state index in [0.29, 0.717) is 18.8 Å². The zero-order valence-electron chi connectivity index (χ0n) is 15.8. The SMILES string of the molecule is CN(C)c1ccc(N=Nc2ccc(S(=O)(=O)NCCCCCN)cc2)cc1. The predicted octanol–water partition coefficient (Wildman–Crippen LogP) is 3.58. The Labute approximate surface area is 161 Å². The van der Waals surface area contributed by atoms with E-state index < -0.39 is 10.0 Å².